The third kappa shape index (κ3) is 3.45. The van der Waals surface area contributed by atoms with Crippen molar-refractivity contribution in [3.8, 4) is 5.75 Å². The van der Waals surface area contributed by atoms with E-state index in [-0.39, 0.29) is 5.91 Å². The first kappa shape index (κ1) is 14.3. The van der Waals surface area contributed by atoms with Crippen molar-refractivity contribution >= 4 is 28.1 Å². The lowest BCUT2D eigenvalue weighted by atomic mass is 10.3. The molecule has 6 nitrogen and oxygen atoms in total. The Morgan fingerprint density at radius 3 is 2.90 bits per heavy atom. The molecule has 0 fully saturated rings. The maximum absolute atomic E-state index is 12.1. The van der Waals surface area contributed by atoms with Crippen molar-refractivity contribution in [3.63, 3.8) is 0 Å². The number of amides is 1. The molecule has 2 rings (SSSR count). The molecule has 106 valence electrons. The molecule has 0 aliphatic rings. The van der Waals surface area contributed by atoms with Crippen molar-refractivity contribution < 1.29 is 9.53 Å². The Balaban J connectivity index is 2.06. The lowest BCUT2D eigenvalue weighted by molar-refractivity contribution is 0.102. The summed E-state index contributed by atoms with van der Waals surface area (Å²) in [5.74, 6) is 0.311. The standard InChI is InChI=1S/C13H16N4O2S/c1-3-8-14-13-17-16-12(20-13)11(18)15-9-6-4-5-7-10(9)19-2/h4-7H,3,8H2,1-2H3,(H,14,17)(H,15,18). The first-order chi connectivity index (χ1) is 9.74. The van der Waals surface area contributed by atoms with Gasteiger partial charge in [0.15, 0.2) is 0 Å². The molecule has 1 aromatic heterocycles. The number of para-hydroxylation sites is 2. The normalized spacial score (nSPS) is 10.1. The SMILES string of the molecule is CCCNc1nnc(C(=O)Nc2ccccc2OC)s1. The number of rotatable bonds is 6. The quantitative estimate of drug-likeness (QED) is 0.856. The van der Waals surface area contributed by atoms with Gasteiger partial charge < -0.3 is 15.4 Å². The summed E-state index contributed by atoms with van der Waals surface area (Å²) in [6.07, 6.45) is 0.988. The van der Waals surface area contributed by atoms with Crippen molar-refractivity contribution in [1.82, 2.24) is 10.2 Å². The zero-order chi connectivity index (χ0) is 14.4. The minimum atomic E-state index is -0.295. The van der Waals surface area contributed by atoms with E-state index in [1.54, 1.807) is 19.2 Å². The second-order valence-electron chi connectivity index (χ2n) is 3.99. The molecule has 0 spiro atoms. The van der Waals surface area contributed by atoms with Gasteiger partial charge in [0.05, 0.1) is 12.8 Å². The van der Waals surface area contributed by atoms with Crippen molar-refractivity contribution in [2.45, 2.75) is 13.3 Å². The molecular formula is C13H16N4O2S. The van der Waals surface area contributed by atoms with Gasteiger partial charge in [-0.3, -0.25) is 4.79 Å². The fraction of sp³-hybridized carbons (Fsp3) is 0.308. The molecule has 0 bridgehead atoms. The Labute approximate surface area is 121 Å². The van der Waals surface area contributed by atoms with E-state index >= 15 is 0 Å². The Hall–Kier alpha value is -2.15. The predicted octanol–water partition coefficient (Wildman–Crippen LogP) is 2.62. The number of nitrogens with zero attached hydrogens (tertiary/aromatic N) is 2. The monoisotopic (exact) mass is 292 g/mol. The lowest BCUT2D eigenvalue weighted by Crippen LogP contribution is -2.12. The second kappa shape index (κ2) is 6.85. The summed E-state index contributed by atoms with van der Waals surface area (Å²) in [5.41, 5.74) is 0.610. The van der Waals surface area contributed by atoms with Gasteiger partial charge in [0, 0.05) is 6.54 Å². The molecule has 2 aromatic rings. The number of hydrogen-bond donors (Lipinski definition) is 2. The van der Waals surface area contributed by atoms with Crippen LogP contribution in [0.4, 0.5) is 10.8 Å². The molecule has 0 aliphatic carbocycles. The fourth-order valence-electron chi connectivity index (χ4n) is 1.54. The molecule has 0 unspecified atom stereocenters. The number of methoxy groups -OCH3 is 1. The van der Waals surface area contributed by atoms with E-state index in [4.69, 9.17) is 4.74 Å². The number of carbonyl (C=O) groups is 1. The summed E-state index contributed by atoms with van der Waals surface area (Å²) in [5, 5.41) is 14.6. The van der Waals surface area contributed by atoms with Crippen LogP contribution in [0.5, 0.6) is 5.75 Å². The predicted molar refractivity (Wildman–Crippen MR) is 79.6 cm³/mol. The van der Waals surface area contributed by atoms with E-state index in [0.717, 1.165) is 13.0 Å². The minimum absolute atomic E-state index is 0.295. The summed E-state index contributed by atoms with van der Waals surface area (Å²) in [6, 6.07) is 7.22. The fourth-order valence-corrected chi connectivity index (χ4v) is 2.21. The lowest BCUT2D eigenvalue weighted by Gasteiger charge is -2.07. The highest BCUT2D eigenvalue weighted by molar-refractivity contribution is 7.17. The van der Waals surface area contributed by atoms with Crippen LogP contribution in [0.3, 0.4) is 0 Å². The van der Waals surface area contributed by atoms with Crippen LogP contribution in [-0.4, -0.2) is 29.8 Å². The van der Waals surface area contributed by atoms with Gasteiger partial charge in [0.1, 0.15) is 5.75 Å². The number of aromatic nitrogens is 2. The third-order valence-corrected chi connectivity index (χ3v) is 3.38. The molecule has 1 amide bonds. The number of anilines is 2. The van der Waals surface area contributed by atoms with Crippen LogP contribution >= 0.6 is 11.3 Å². The van der Waals surface area contributed by atoms with Gasteiger partial charge in [-0.1, -0.05) is 30.4 Å². The highest BCUT2D eigenvalue weighted by atomic mass is 32.1. The highest BCUT2D eigenvalue weighted by Gasteiger charge is 2.14. The van der Waals surface area contributed by atoms with Crippen molar-refractivity contribution in [1.29, 1.82) is 0 Å². The summed E-state index contributed by atoms with van der Waals surface area (Å²) in [4.78, 5) is 12.1. The molecule has 1 heterocycles. The van der Waals surface area contributed by atoms with E-state index in [9.17, 15) is 4.79 Å². The van der Waals surface area contributed by atoms with Gasteiger partial charge in [0.2, 0.25) is 10.1 Å². The van der Waals surface area contributed by atoms with E-state index in [1.807, 2.05) is 12.1 Å². The average Bonchev–Trinajstić information content (AvgIpc) is 2.94. The zero-order valence-electron chi connectivity index (χ0n) is 11.3. The molecule has 0 saturated heterocycles. The molecule has 7 heteroatoms. The Bertz CT molecular complexity index is 585. The third-order valence-electron chi connectivity index (χ3n) is 2.50. The molecule has 0 radical (unpaired) electrons. The molecule has 20 heavy (non-hydrogen) atoms. The maximum Gasteiger partial charge on any atom is 0.286 e. The molecule has 0 atom stereocenters. The van der Waals surface area contributed by atoms with E-state index in [1.165, 1.54) is 11.3 Å². The number of hydrogen-bond acceptors (Lipinski definition) is 6. The van der Waals surface area contributed by atoms with E-state index in [0.29, 0.717) is 21.6 Å². The number of benzene rings is 1. The van der Waals surface area contributed by atoms with E-state index < -0.39 is 0 Å². The van der Waals surface area contributed by atoms with Crippen LogP contribution in [0.1, 0.15) is 23.1 Å². The van der Waals surface area contributed by atoms with Crippen LogP contribution < -0.4 is 15.4 Å². The van der Waals surface area contributed by atoms with Crippen LogP contribution in [0, 0.1) is 0 Å². The van der Waals surface area contributed by atoms with Gasteiger partial charge in [-0.05, 0) is 18.6 Å². The molecular weight excluding hydrogens is 276 g/mol. The van der Waals surface area contributed by atoms with Gasteiger partial charge >= 0.3 is 0 Å². The van der Waals surface area contributed by atoms with Crippen LogP contribution in [0.25, 0.3) is 0 Å². The van der Waals surface area contributed by atoms with Crippen LogP contribution in [0.15, 0.2) is 24.3 Å². The Morgan fingerprint density at radius 1 is 1.35 bits per heavy atom. The van der Waals surface area contributed by atoms with Gasteiger partial charge in [-0.2, -0.15) is 0 Å². The molecule has 2 N–H and O–H groups in total. The first-order valence-electron chi connectivity index (χ1n) is 6.26. The maximum atomic E-state index is 12.1. The number of carbonyl (C=O) groups excluding carboxylic acids is 1. The topological polar surface area (TPSA) is 76.1 Å². The highest BCUT2D eigenvalue weighted by Crippen LogP contribution is 2.24. The summed E-state index contributed by atoms with van der Waals surface area (Å²) in [7, 11) is 1.56. The zero-order valence-corrected chi connectivity index (χ0v) is 12.2. The largest absolute Gasteiger partial charge is 0.495 e. The van der Waals surface area contributed by atoms with Crippen LogP contribution in [0.2, 0.25) is 0 Å². The summed E-state index contributed by atoms with van der Waals surface area (Å²) < 4.78 is 5.18. The smallest absolute Gasteiger partial charge is 0.286 e. The number of nitrogens with one attached hydrogen (secondary N) is 2. The van der Waals surface area contributed by atoms with Crippen LogP contribution in [-0.2, 0) is 0 Å². The Morgan fingerprint density at radius 2 is 2.15 bits per heavy atom. The average molecular weight is 292 g/mol. The summed E-state index contributed by atoms with van der Waals surface area (Å²) in [6.45, 7) is 2.87. The van der Waals surface area contributed by atoms with Crippen molar-refractivity contribution in [3.05, 3.63) is 29.3 Å². The molecule has 0 aliphatic heterocycles. The summed E-state index contributed by atoms with van der Waals surface area (Å²) >= 11 is 1.23. The first-order valence-corrected chi connectivity index (χ1v) is 7.08. The van der Waals surface area contributed by atoms with Gasteiger partial charge in [0.25, 0.3) is 5.91 Å². The second-order valence-corrected chi connectivity index (χ2v) is 4.97. The molecule has 1 aromatic carbocycles. The van der Waals surface area contributed by atoms with E-state index in [2.05, 4.69) is 27.8 Å². The number of ether oxygens (including phenoxy) is 1. The van der Waals surface area contributed by atoms with Crippen molar-refractivity contribution in [2.24, 2.45) is 0 Å². The van der Waals surface area contributed by atoms with Crippen molar-refractivity contribution in [2.75, 3.05) is 24.3 Å². The minimum Gasteiger partial charge on any atom is -0.495 e. The molecule has 0 saturated carbocycles. The Kier molecular flexibility index (Phi) is 4.89. The van der Waals surface area contributed by atoms with Gasteiger partial charge in [-0.15, -0.1) is 10.2 Å². The van der Waals surface area contributed by atoms with Gasteiger partial charge in [-0.25, -0.2) is 0 Å².